The Labute approximate surface area is 142 Å². The van der Waals surface area contributed by atoms with Gasteiger partial charge in [-0.15, -0.1) is 0 Å². The molecule has 3 nitrogen and oxygen atoms in total. The monoisotopic (exact) mass is 326 g/mol. The van der Waals surface area contributed by atoms with Gasteiger partial charge in [0.2, 0.25) is 5.90 Å². The molecule has 0 saturated carbocycles. The number of allylic oxidation sites excluding steroid dienone is 1. The normalized spacial score (nSPS) is 14.0. The maximum absolute atomic E-state index is 8.07. The van der Waals surface area contributed by atoms with Crippen LogP contribution in [-0.4, -0.2) is 18.2 Å². The van der Waals surface area contributed by atoms with Gasteiger partial charge in [-0.1, -0.05) is 59.5 Å². The van der Waals surface area contributed by atoms with Crippen LogP contribution in [0.25, 0.3) is 0 Å². The summed E-state index contributed by atoms with van der Waals surface area (Å²) in [5, 5.41) is 8.07. The second kappa shape index (κ2) is 13.9. The van der Waals surface area contributed by atoms with E-state index in [2.05, 4.69) is 51.0 Å². The first-order chi connectivity index (χ1) is 10.6. The predicted molar refractivity (Wildman–Crippen MR) is 101 cm³/mol. The van der Waals surface area contributed by atoms with Gasteiger partial charge < -0.3 is 4.74 Å². The van der Waals surface area contributed by atoms with Crippen LogP contribution in [-0.2, 0) is 4.74 Å². The van der Waals surface area contributed by atoms with Crippen molar-refractivity contribution in [2.24, 2.45) is 10.3 Å². The average Bonchev–Trinajstić information content (AvgIpc) is 2.53. The van der Waals surface area contributed by atoms with Crippen LogP contribution >= 0.6 is 12.8 Å². The molecule has 0 aromatic heterocycles. The Bertz CT molecular complexity index is 364. The van der Waals surface area contributed by atoms with Crippen molar-refractivity contribution in [3.63, 3.8) is 0 Å². The number of nitrogens with one attached hydrogen (secondary N) is 1. The zero-order chi connectivity index (χ0) is 16.8. The van der Waals surface area contributed by atoms with E-state index in [1.54, 1.807) is 0 Å². The fraction of sp³-hybridized carbons (Fsp3) is 0.778. The maximum Gasteiger partial charge on any atom is 0.233 e. The van der Waals surface area contributed by atoms with Gasteiger partial charge in [-0.05, 0) is 50.0 Å². The van der Waals surface area contributed by atoms with Crippen LogP contribution in [0, 0.1) is 11.3 Å². The summed E-state index contributed by atoms with van der Waals surface area (Å²) in [6.45, 7) is 9.36. The predicted octanol–water partition coefficient (Wildman–Crippen LogP) is 6.01. The second-order valence-corrected chi connectivity index (χ2v) is 6.06. The number of ether oxygens (including phenoxy) is 1. The van der Waals surface area contributed by atoms with E-state index in [1.807, 2.05) is 0 Å². The van der Waals surface area contributed by atoms with E-state index < -0.39 is 0 Å². The van der Waals surface area contributed by atoms with Crippen molar-refractivity contribution in [2.45, 2.75) is 79.1 Å². The first-order valence-electron chi connectivity index (χ1n) is 8.73. The summed E-state index contributed by atoms with van der Waals surface area (Å²) >= 11 is 4.03. The van der Waals surface area contributed by atoms with Gasteiger partial charge in [0, 0.05) is 0 Å². The van der Waals surface area contributed by atoms with Crippen molar-refractivity contribution in [3.8, 4) is 0 Å². The Morgan fingerprint density at radius 2 is 1.95 bits per heavy atom. The lowest BCUT2D eigenvalue weighted by Crippen LogP contribution is -2.19. The van der Waals surface area contributed by atoms with Crippen molar-refractivity contribution in [1.82, 2.24) is 0 Å². The lowest BCUT2D eigenvalue weighted by Gasteiger charge is -2.12. The molecule has 1 atom stereocenters. The number of hydrogen-bond acceptors (Lipinski definition) is 4. The lowest BCUT2D eigenvalue weighted by atomic mass is 10.00. The Hall–Kier alpha value is -0.770. The quantitative estimate of drug-likeness (QED) is 0.196. The van der Waals surface area contributed by atoms with Gasteiger partial charge in [-0.3, -0.25) is 5.41 Å². The van der Waals surface area contributed by atoms with E-state index in [9.17, 15) is 0 Å². The zero-order valence-electron chi connectivity index (χ0n) is 14.8. The third kappa shape index (κ3) is 9.29. The highest BCUT2D eigenvalue weighted by atomic mass is 32.1. The highest BCUT2D eigenvalue weighted by Crippen LogP contribution is 2.14. The number of nitrogens with zero attached hydrogens (tertiary/aromatic N) is 1. The van der Waals surface area contributed by atoms with Gasteiger partial charge in [0.15, 0.2) is 0 Å². The number of rotatable bonds is 12. The molecular formula is C18H34N2OS. The molecule has 1 unspecified atom stereocenters. The lowest BCUT2D eigenvalue weighted by molar-refractivity contribution is 0.296. The largest absolute Gasteiger partial charge is 0.477 e. The highest BCUT2D eigenvalue weighted by molar-refractivity contribution is 7.79. The highest BCUT2D eigenvalue weighted by Gasteiger charge is 2.13. The molecule has 0 spiro atoms. The second-order valence-electron chi connectivity index (χ2n) is 5.86. The minimum absolute atomic E-state index is 0.156. The number of thiol groups is 1. The standard InChI is InChI=1S/C18H34N2OS/c1-5-8-9-10-14-21-18(19)17(20-22)16(7-3)13-11-12-15(4)6-2/h13,15,19,22H,5-12,14H2,1-4H3/b16-13+,19-18?,20-17-. The molecule has 0 fully saturated rings. The van der Waals surface area contributed by atoms with Gasteiger partial charge >= 0.3 is 0 Å². The summed E-state index contributed by atoms with van der Waals surface area (Å²) in [5.74, 6) is 0.892. The fourth-order valence-corrected chi connectivity index (χ4v) is 2.40. The summed E-state index contributed by atoms with van der Waals surface area (Å²) < 4.78 is 9.52. The summed E-state index contributed by atoms with van der Waals surface area (Å²) in [6, 6.07) is 0. The Morgan fingerprint density at radius 3 is 2.50 bits per heavy atom. The third-order valence-electron chi connectivity index (χ3n) is 3.99. The van der Waals surface area contributed by atoms with E-state index in [4.69, 9.17) is 10.1 Å². The van der Waals surface area contributed by atoms with Crippen LogP contribution in [0.2, 0.25) is 0 Å². The van der Waals surface area contributed by atoms with Crippen LogP contribution < -0.4 is 0 Å². The molecule has 0 aromatic carbocycles. The SMILES string of the molecule is CCCCCCOC(=N)C(=N\S)/C(=C/CCC(C)CC)CC. The maximum atomic E-state index is 8.07. The van der Waals surface area contributed by atoms with E-state index in [1.165, 1.54) is 25.7 Å². The van der Waals surface area contributed by atoms with Gasteiger partial charge in [-0.25, -0.2) is 4.40 Å². The van der Waals surface area contributed by atoms with Crippen LogP contribution in [0.3, 0.4) is 0 Å². The smallest absolute Gasteiger partial charge is 0.233 e. The minimum atomic E-state index is 0.156. The fourth-order valence-electron chi connectivity index (χ4n) is 2.18. The van der Waals surface area contributed by atoms with Crippen molar-refractivity contribution in [2.75, 3.05) is 6.61 Å². The van der Waals surface area contributed by atoms with Crippen LogP contribution in [0.1, 0.15) is 79.1 Å². The van der Waals surface area contributed by atoms with Gasteiger partial charge in [0.25, 0.3) is 0 Å². The van der Waals surface area contributed by atoms with Crippen LogP contribution in [0.15, 0.2) is 16.0 Å². The number of hydrogen-bond donors (Lipinski definition) is 2. The molecule has 22 heavy (non-hydrogen) atoms. The molecule has 0 rings (SSSR count). The zero-order valence-corrected chi connectivity index (χ0v) is 15.7. The van der Waals surface area contributed by atoms with Gasteiger partial charge in [-0.2, -0.15) is 0 Å². The first kappa shape index (κ1) is 21.2. The first-order valence-corrected chi connectivity index (χ1v) is 9.13. The molecule has 4 heteroatoms. The third-order valence-corrected chi connectivity index (χ3v) is 4.19. The summed E-state index contributed by atoms with van der Waals surface area (Å²) in [4.78, 5) is 0. The Morgan fingerprint density at radius 1 is 1.23 bits per heavy atom. The Balaban J connectivity index is 4.43. The van der Waals surface area contributed by atoms with Crippen molar-refractivity contribution < 1.29 is 4.74 Å². The summed E-state index contributed by atoms with van der Waals surface area (Å²) in [5.41, 5.74) is 1.65. The van der Waals surface area contributed by atoms with E-state index >= 15 is 0 Å². The molecule has 0 bridgehead atoms. The molecule has 0 radical (unpaired) electrons. The summed E-state index contributed by atoms with van der Waals surface area (Å²) in [7, 11) is 0. The van der Waals surface area contributed by atoms with E-state index in [-0.39, 0.29) is 5.90 Å². The van der Waals surface area contributed by atoms with Crippen molar-refractivity contribution in [3.05, 3.63) is 11.6 Å². The molecule has 1 N–H and O–H groups in total. The Kier molecular flexibility index (Phi) is 13.4. The summed E-state index contributed by atoms with van der Waals surface area (Å²) in [6.07, 6.45) is 11.0. The molecular weight excluding hydrogens is 292 g/mol. The van der Waals surface area contributed by atoms with E-state index in [0.717, 1.165) is 37.2 Å². The van der Waals surface area contributed by atoms with Gasteiger partial charge in [0.05, 0.1) is 6.61 Å². The molecule has 0 aliphatic carbocycles. The van der Waals surface area contributed by atoms with Gasteiger partial charge in [0.1, 0.15) is 5.71 Å². The molecule has 0 aliphatic rings. The van der Waals surface area contributed by atoms with E-state index in [0.29, 0.717) is 12.3 Å². The van der Waals surface area contributed by atoms with Crippen LogP contribution in [0.4, 0.5) is 0 Å². The molecule has 128 valence electrons. The molecule has 0 saturated heterocycles. The average molecular weight is 327 g/mol. The van der Waals surface area contributed by atoms with Crippen LogP contribution in [0.5, 0.6) is 0 Å². The molecule has 0 aliphatic heterocycles. The topological polar surface area (TPSA) is 45.4 Å². The molecule has 0 amide bonds. The molecule has 0 aromatic rings. The molecule has 0 heterocycles. The minimum Gasteiger partial charge on any atom is -0.477 e. The number of unbranched alkanes of at least 4 members (excludes halogenated alkanes) is 3. The van der Waals surface area contributed by atoms with Crippen molar-refractivity contribution in [1.29, 1.82) is 5.41 Å². The van der Waals surface area contributed by atoms with Crippen molar-refractivity contribution >= 4 is 24.4 Å².